The van der Waals surface area contributed by atoms with Crippen LogP contribution in [0.2, 0.25) is 0 Å². The van der Waals surface area contributed by atoms with Crippen molar-refractivity contribution in [2.24, 2.45) is 0 Å². The molecule has 2 aromatic rings. The topological polar surface area (TPSA) is 35.2 Å². The summed E-state index contributed by atoms with van der Waals surface area (Å²) in [5.74, 6) is 0.729. The lowest BCUT2D eigenvalue weighted by molar-refractivity contribution is 0.473. The maximum absolute atomic E-state index is 13.1. The van der Waals surface area contributed by atoms with Crippen molar-refractivity contribution in [1.29, 1.82) is 0 Å². The van der Waals surface area contributed by atoms with Crippen LogP contribution in [0.5, 0.6) is 11.5 Å². The Morgan fingerprint density at radius 1 is 1.18 bits per heavy atom. The zero-order valence-corrected chi connectivity index (χ0v) is 10.8. The highest BCUT2D eigenvalue weighted by Crippen LogP contribution is 2.31. The van der Waals surface area contributed by atoms with E-state index in [0.717, 1.165) is 5.56 Å². The zero-order chi connectivity index (χ0) is 12.4. The SMILES string of the molecule is Cc1cc(Oc2cc(F)ccc2Br)ccc1N. The fraction of sp³-hybridized carbons (Fsp3) is 0.0769. The van der Waals surface area contributed by atoms with Crippen molar-refractivity contribution in [1.82, 2.24) is 0 Å². The molecule has 0 spiro atoms. The standard InChI is InChI=1S/C13H11BrFNO/c1-8-6-10(3-5-12(8)16)17-13-7-9(15)2-4-11(13)14/h2-7H,16H2,1H3. The average Bonchev–Trinajstić information content (AvgIpc) is 2.29. The van der Waals surface area contributed by atoms with E-state index in [1.54, 1.807) is 18.2 Å². The number of halogens is 2. The second-order valence-electron chi connectivity index (χ2n) is 3.70. The Morgan fingerprint density at radius 2 is 1.94 bits per heavy atom. The van der Waals surface area contributed by atoms with Crippen LogP contribution in [0.1, 0.15) is 5.56 Å². The normalized spacial score (nSPS) is 10.3. The predicted octanol–water partition coefficient (Wildman–Crippen LogP) is 4.27. The highest BCUT2D eigenvalue weighted by atomic mass is 79.9. The molecule has 0 bridgehead atoms. The average molecular weight is 296 g/mol. The Hall–Kier alpha value is -1.55. The van der Waals surface area contributed by atoms with E-state index >= 15 is 0 Å². The molecule has 0 aliphatic carbocycles. The molecule has 0 aliphatic rings. The molecule has 2 nitrogen and oxygen atoms in total. The molecule has 0 aromatic heterocycles. The van der Waals surface area contributed by atoms with Gasteiger partial charge in [0.2, 0.25) is 0 Å². The van der Waals surface area contributed by atoms with E-state index in [1.165, 1.54) is 12.1 Å². The summed E-state index contributed by atoms with van der Waals surface area (Å²) in [4.78, 5) is 0. The van der Waals surface area contributed by atoms with Gasteiger partial charge in [0, 0.05) is 11.8 Å². The van der Waals surface area contributed by atoms with Crippen molar-refractivity contribution in [3.8, 4) is 11.5 Å². The zero-order valence-electron chi connectivity index (χ0n) is 9.21. The Labute approximate surface area is 107 Å². The number of nitrogens with two attached hydrogens (primary N) is 1. The van der Waals surface area contributed by atoms with Gasteiger partial charge in [0.15, 0.2) is 0 Å². The lowest BCUT2D eigenvalue weighted by Gasteiger charge is -2.09. The molecule has 2 aromatic carbocycles. The van der Waals surface area contributed by atoms with Crippen molar-refractivity contribution < 1.29 is 9.13 Å². The molecule has 0 fully saturated rings. The molecule has 0 radical (unpaired) electrons. The van der Waals surface area contributed by atoms with Gasteiger partial charge in [-0.25, -0.2) is 4.39 Å². The number of anilines is 1. The summed E-state index contributed by atoms with van der Waals surface area (Å²) in [6.07, 6.45) is 0. The fourth-order valence-corrected chi connectivity index (χ4v) is 1.72. The van der Waals surface area contributed by atoms with Crippen LogP contribution in [-0.4, -0.2) is 0 Å². The van der Waals surface area contributed by atoms with Gasteiger partial charge in [-0.3, -0.25) is 0 Å². The molecule has 2 rings (SSSR count). The third-order valence-electron chi connectivity index (χ3n) is 2.36. The Kier molecular flexibility index (Phi) is 3.33. The van der Waals surface area contributed by atoms with E-state index < -0.39 is 0 Å². The number of aryl methyl sites for hydroxylation is 1. The fourth-order valence-electron chi connectivity index (χ4n) is 1.39. The monoisotopic (exact) mass is 295 g/mol. The van der Waals surface area contributed by atoms with Crippen LogP contribution in [0.15, 0.2) is 40.9 Å². The summed E-state index contributed by atoms with van der Waals surface area (Å²) in [5, 5.41) is 0. The maximum Gasteiger partial charge on any atom is 0.144 e. The Morgan fingerprint density at radius 3 is 2.65 bits per heavy atom. The van der Waals surface area contributed by atoms with Crippen LogP contribution < -0.4 is 10.5 Å². The minimum atomic E-state index is -0.338. The van der Waals surface area contributed by atoms with Crippen molar-refractivity contribution >= 4 is 21.6 Å². The number of hydrogen-bond acceptors (Lipinski definition) is 2. The number of nitrogen functional groups attached to an aromatic ring is 1. The summed E-state index contributed by atoms with van der Waals surface area (Å²) in [6.45, 7) is 1.89. The molecule has 0 atom stereocenters. The summed E-state index contributed by atoms with van der Waals surface area (Å²) in [6, 6.07) is 9.62. The number of benzene rings is 2. The summed E-state index contributed by atoms with van der Waals surface area (Å²) < 4.78 is 19.4. The van der Waals surface area contributed by atoms with E-state index in [9.17, 15) is 4.39 Å². The van der Waals surface area contributed by atoms with Gasteiger partial charge in [0.1, 0.15) is 17.3 Å². The van der Waals surface area contributed by atoms with E-state index in [0.29, 0.717) is 21.7 Å². The molecule has 17 heavy (non-hydrogen) atoms. The van der Waals surface area contributed by atoms with Crippen molar-refractivity contribution in [2.45, 2.75) is 6.92 Å². The molecule has 0 saturated heterocycles. The second kappa shape index (κ2) is 4.75. The van der Waals surface area contributed by atoms with E-state index in [-0.39, 0.29) is 5.82 Å². The first-order chi connectivity index (χ1) is 8.06. The van der Waals surface area contributed by atoms with Gasteiger partial charge in [0.25, 0.3) is 0 Å². The quantitative estimate of drug-likeness (QED) is 0.840. The second-order valence-corrected chi connectivity index (χ2v) is 4.55. The molecule has 2 N–H and O–H groups in total. The van der Waals surface area contributed by atoms with Crippen LogP contribution in [0, 0.1) is 12.7 Å². The van der Waals surface area contributed by atoms with Crippen LogP contribution in [0.3, 0.4) is 0 Å². The van der Waals surface area contributed by atoms with E-state index in [4.69, 9.17) is 10.5 Å². The van der Waals surface area contributed by atoms with Crippen LogP contribution >= 0.6 is 15.9 Å². The molecule has 0 unspecified atom stereocenters. The van der Waals surface area contributed by atoms with E-state index in [1.807, 2.05) is 13.0 Å². The van der Waals surface area contributed by atoms with E-state index in [2.05, 4.69) is 15.9 Å². The van der Waals surface area contributed by atoms with Gasteiger partial charge in [-0.15, -0.1) is 0 Å². The third kappa shape index (κ3) is 2.77. The molecule has 0 heterocycles. The first kappa shape index (κ1) is 11.9. The first-order valence-electron chi connectivity index (χ1n) is 5.05. The first-order valence-corrected chi connectivity index (χ1v) is 5.84. The maximum atomic E-state index is 13.1. The van der Waals surface area contributed by atoms with Gasteiger partial charge < -0.3 is 10.5 Å². The minimum absolute atomic E-state index is 0.338. The predicted molar refractivity (Wildman–Crippen MR) is 69.8 cm³/mol. The molecular formula is C13H11BrFNO. The van der Waals surface area contributed by atoms with Gasteiger partial charge in [-0.2, -0.15) is 0 Å². The largest absolute Gasteiger partial charge is 0.456 e. The molecule has 0 saturated carbocycles. The third-order valence-corrected chi connectivity index (χ3v) is 3.02. The summed E-state index contributed by atoms with van der Waals surface area (Å²) >= 11 is 3.30. The minimum Gasteiger partial charge on any atom is -0.456 e. The van der Waals surface area contributed by atoms with Gasteiger partial charge in [-0.05, 0) is 58.7 Å². The Balaban J connectivity index is 2.31. The molecule has 0 amide bonds. The lowest BCUT2D eigenvalue weighted by atomic mass is 10.2. The molecule has 4 heteroatoms. The van der Waals surface area contributed by atoms with Crippen LogP contribution in [0.25, 0.3) is 0 Å². The van der Waals surface area contributed by atoms with Gasteiger partial charge in [0.05, 0.1) is 4.47 Å². The summed E-state index contributed by atoms with van der Waals surface area (Å²) in [7, 11) is 0. The van der Waals surface area contributed by atoms with Crippen LogP contribution in [-0.2, 0) is 0 Å². The number of hydrogen-bond donors (Lipinski definition) is 1. The number of ether oxygens (including phenoxy) is 1. The smallest absolute Gasteiger partial charge is 0.144 e. The molecular weight excluding hydrogens is 285 g/mol. The number of rotatable bonds is 2. The lowest BCUT2D eigenvalue weighted by Crippen LogP contribution is -1.91. The molecule has 0 aliphatic heterocycles. The van der Waals surface area contributed by atoms with Crippen LogP contribution in [0.4, 0.5) is 10.1 Å². The van der Waals surface area contributed by atoms with Gasteiger partial charge in [-0.1, -0.05) is 0 Å². The Bertz CT molecular complexity index is 557. The van der Waals surface area contributed by atoms with Crippen molar-refractivity contribution in [3.63, 3.8) is 0 Å². The highest BCUT2D eigenvalue weighted by Gasteiger charge is 2.05. The summed E-state index contributed by atoms with van der Waals surface area (Å²) in [5.41, 5.74) is 7.34. The van der Waals surface area contributed by atoms with Crippen molar-refractivity contribution in [2.75, 3.05) is 5.73 Å². The van der Waals surface area contributed by atoms with Crippen molar-refractivity contribution in [3.05, 3.63) is 52.3 Å². The molecule has 88 valence electrons. The highest BCUT2D eigenvalue weighted by molar-refractivity contribution is 9.10. The van der Waals surface area contributed by atoms with Gasteiger partial charge >= 0.3 is 0 Å².